The van der Waals surface area contributed by atoms with E-state index >= 15 is 0 Å². The Morgan fingerprint density at radius 1 is 1.29 bits per heavy atom. The van der Waals surface area contributed by atoms with Crippen LogP contribution in [-0.2, 0) is 16.1 Å². The number of amides is 1. The molecule has 3 heterocycles. The number of aliphatic hydroxyl groups excluding tert-OH is 1. The average Bonchev–Trinajstić information content (AvgIpc) is 3.40. The molecule has 0 aromatic heterocycles. The lowest BCUT2D eigenvalue weighted by molar-refractivity contribution is -0.132. The third kappa shape index (κ3) is 5.87. The normalized spacial score (nSPS) is 23.1. The van der Waals surface area contributed by atoms with Crippen LogP contribution in [0.15, 0.2) is 28.3 Å². The molecule has 0 aliphatic carbocycles. The van der Waals surface area contributed by atoms with Crippen LogP contribution in [0.5, 0.6) is 5.75 Å². The SMILES string of the molecule is COc1cc(CN2C(=O)C(Cl)=C(Cl)C2O)ccc1N1CCN(C)CC1.N#CB1CCC[C@H]1C=O. The molecule has 2 fully saturated rings. The molecule has 0 spiro atoms. The number of hydrogen-bond donors (Lipinski definition) is 1. The number of nitriles is 1. The van der Waals surface area contributed by atoms with Gasteiger partial charge in [-0.15, -0.1) is 0 Å². The summed E-state index contributed by atoms with van der Waals surface area (Å²) in [5, 5.41) is 18.4. The molecule has 2 saturated heterocycles. The molecule has 0 bridgehead atoms. The summed E-state index contributed by atoms with van der Waals surface area (Å²) in [6.45, 7) is 4.09. The zero-order chi connectivity index (χ0) is 24.8. The van der Waals surface area contributed by atoms with Gasteiger partial charge < -0.3 is 29.3 Å². The van der Waals surface area contributed by atoms with Gasteiger partial charge in [-0.1, -0.05) is 42.0 Å². The zero-order valence-corrected chi connectivity index (χ0v) is 20.9. The van der Waals surface area contributed by atoms with Crippen molar-refractivity contribution in [1.29, 1.82) is 5.26 Å². The molecule has 34 heavy (non-hydrogen) atoms. The summed E-state index contributed by atoms with van der Waals surface area (Å²) in [6.07, 6.45) is 2.59. The molecular weight excluding hydrogens is 478 g/mol. The second-order valence-corrected chi connectivity index (χ2v) is 9.52. The first-order chi connectivity index (χ1) is 16.3. The van der Waals surface area contributed by atoms with Gasteiger partial charge in [-0.2, -0.15) is 0 Å². The Kier molecular flexibility index (Phi) is 9.26. The molecule has 1 unspecified atom stereocenters. The second kappa shape index (κ2) is 11.9. The van der Waals surface area contributed by atoms with Gasteiger partial charge in [0.1, 0.15) is 17.1 Å². The number of anilines is 1. The average molecular weight is 507 g/mol. The van der Waals surface area contributed by atoms with Gasteiger partial charge >= 0.3 is 0 Å². The minimum absolute atomic E-state index is 0.0162. The number of aldehydes is 1. The molecule has 1 N–H and O–H groups in total. The van der Waals surface area contributed by atoms with Crippen LogP contribution in [0, 0.1) is 11.2 Å². The maximum absolute atomic E-state index is 12.1. The van der Waals surface area contributed by atoms with Crippen molar-refractivity contribution in [2.45, 2.75) is 37.8 Å². The molecule has 11 heteroatoms. The van der Waals surface area contributed by atoms with Crippen molar-refractivity contribution < 1.29 is 19.4 Å². The van der Waals surface area contributed by atoms with Gasteiger partial charge in [0.25, 0.3) is 12.6 Å². The quantitative estimate of drug-likeness (QED) is 0.484. The monoisotopic (exact) mass is 506 g/mol. The van der Waals surface area contributed by atoms with E-state index in [9.17, 15) is 14.7 Å². The van der Waals surface area contributed by atoms with E-state index in [1.807, 2.05) is 18.2 Å². The second-order valence-electron chi connectivity index (χ2n) is 8.73. The van der Waals surface area contributed by atoms with Crippen LogP contribution in [0.2, 0.25) is 12.1 Å². The Morgan fingerprint density at radius 3 is 2.53 bits per heavy atom. The minimum atomic E-state index is -1.20. The molecule has 8 nitrogen and oxygen atoms in total. The molecule has 0 radical (unpaired) electrons. The van der Waals surface area contributed by atoms with Gasteiger partial charge in [-0.3, -0.25) is 4.79 Å². The number of halogens is 2. The van der Waals surface area contributed by atoms with Crippen LogP contribution in [-0.4, -0.2) is 80.4 Å². The lowest BCUT2D eigenvalue weighted by Crippen LogP contribution is -2.44. The Labute approximate surface area is 210 Å². The van der Waals surface area contributed by atoms with Crippen molar-refractivity contribution >= 4 is 47.8 Å². The molecule has 1 aromatic carbocycles. The smallest absolute Gasteiger partial charge is 0.278 e. The third-order valence-corrected chi connectivity index (χ3v) is 7.38. The summed E-state index contributed by atoms with van der Waals surface area (Å²) in [6, 6.07) is 5.80. The molecule has 0 saturated carbocycles. The van der Waals surface area contributed by atoms with Crippen molar-refractivity contribution in [3.05, 3.63) is 33.8 Å². The van der Waals surface area contributed by atoms with E-state index in [-0.39, 0.29) is 29.1 Å². The maximum Gasteiger partial charge on any atom is 0.278 e. The van der Waals surface area contributed by atoms with Crippen LogP contribution in [0.25, 0.3) is 0 Å². The molecule has 1 amide bonds. The standard InChI is InChI=1S/C17H21Cl2N3O3.C6H8BNO/c1-20-5-7-21(8-6-20)12-4-3-11(9-13(12)25-2)10-22-16(23)14(18)15(19)17(22)24;8-5-7-3-1-2-6(7)4-9/h3-4,9,16,23H,5-8,10H2,1-2H3;4,6H,1-3H2/t;6-/m.0/s1. The molecule has 3 aliphatic heterocycles. The number of benzene rings is 1. The zero-order valence-electron chi connectivity index (χ0n) is 19.4. The number of likely N-dealkylation sites (N-methyl/N-ethyl adjacent to an activating group) is 1. The van der Waals surface area contributed by atoms with Gasteiger partial charge in [-0.25, -0.2) is 5.26 Å². The Hall–Kier alpha value is -2.25. The lowest BCUT2D eigenvalue weighted by atomic mass is 9.44. The number of aliphatic hydroxyl groups is 1. The van der Waals surface area contributed by atoms with Gasteiger partial charge in [0.15, 0.2) is 6.23 Å². The fourth-order valence-corrected chi connectivity index (χ4v) is 4.79. The van der Waals surface area contributed by atoms with E-state index in [0.717, 1.165) is 68.6 Å². The van der Waals surface area contributed by atoms with E-state index < -0.39 is 12.1 Å². The molecule has 182 valence electrons. The van der Waals surface area contributed by atoms with Crippen LogP contribution < -0.4 is 9.64 Å². The summed E-state index contributed by atoms with van der Waals surface area (Å²) in [7, 11) is 3.74. The third-order valence-electron chi connectivity index (χ3n) is 6.53. The summed E-state index contributed by atoms with van der Waals surface area (Å²) >= 11 is 11.7. The van der Waals surface area contributed by atoms with E-state index in [0.29, 0.717) is 0 Å². The van der Waals surface area contributed by atoms with Crippen molar-refractivity contribution in [1.82, 2.24) is 9.80 Å². The van der Waals surface area contributed by atoms with Crippen molar-refractivity contribution in [2.75, 3.05) is 45.2 Å². The van der Waals surface area contributed by atoms with E-state index in [4.69, 9.17) is 33.2 Å². The van der Waals surface area contributed by atoms with Crippen LogP contribution in [0.1, 0.15) is 18.4 Å². The van der Waals surface area contributed by atoms with Gasteiger partial charge in [0.2, 0.25) is 0 Å². The van der Waals surface area contributed by atoms with E-state index in [1.54, 1.807) is 7.11 Å². The summed E-state index contributed by atoms with van der Waals surface area (Å²) in [4.78, 5) is 28.1. The van der Waals surface area contributed by atoms with Crippen molar-refractivity contribution in [3.63, 3.8) is 0 Å². The highest BCUT2D eigenvalue weighted by molar-refractivity contribution is 6.71. The molecule has 4 rings (SSSR count). The Balaban J connectivity index is 0.000000302. The highest BCUT2D eigenvalue weighted by Crippen LogP contribution is 2.34. The van der Waals surface area contributed by atoms with Crippen molar-refractivity contribution in [3.8, 4) is 11.7 Å². The lowest BCUT2D eigenvalue weighted by Gasteiger charge is -2.35. The number of hydrogen-bond acceptors (Lipinski definition) is 7. The number of methoxy groups -OCH3 is 1. The Bertz CT molecular complexity index is 978. The highest BCUT2D eigenvalue weighted by Gasteiger charge is 2.36. The van der Waals surface area contributed by atoms with Crippen LogP contribution in [0.4, 0.5) is 5.69 Å². The van der Waals surface area contributed by atoms with E-state index in [2.05, 4.69) is 22.8 Å². The van der Waals surface area contributed by atoms with Crippen LogP contribution in [0.3, 0.4) is 0 Å². The van der Waals surface area contributed by atoms with Crippen LogP contribution >= 0.6 is 23.2 Å². The predicted octanol–water partition coefficient (Wildman–Crippen LogP) is 2.70. The highest BCUT2D eigenvalue weighted by atomic mass is 35.5. The minimum Gasteiger partial charge on any atom is -0.495 e. The number of carbonyl (C=O) groups excluding carboxylic acids is 2. The van der Waals surface area contributed by atoms with Gasteiger partial charge in [-0.05, 0) is 31.2 Å². The number of ether oxygens (including phenoxy) is 1. The number of nitrogens with zero attached hydrogens (tertiary/aromatic N) is 4. The summed E-state index contributed by atoms with van der Waals surface area (Å²) in [5.41, 5.74) is 1.86. The maximum atomic E-state index is 12.1. The fraction of sp³-hybridized carbons (Fsp3) is 0.522. The first-order valence-corrected chi connectivity index (χ1v) is 12.1. The fourth-order valence-electron chi connectivity index (χ4n) is 4.39. The Morgan fingerprint density at radius 2 is 2.00 bits per heavy atom. The molecule has 2 atom stereocenters. The number of rotatable bonds is 5. The summed E-state index contributed by atoms with van der Waals surface area (Å²) in [5.74, 6) is 2.44. The first kappa shape index (κ1) is 26.4. The molecular formula is C23H29BCl2N4O4. The summed E-state index contributed by atoms with van der Waals surface area (Å²) < 4.78 is 5.54. The van der Waals surface area contributed by atoms with Gasteiger partial charge in [0.05, 0.1) is 17.8 Å². The number of piperazine rings is 1. The first-order valence-electron chi connectivity index (χ1n) is 11.3. The van der Waals surface area contributed by atoms with E-state index in [1.165, 1.54) is 4.90 Å². The van der Waals surface area contributed by atoms with Gasteiger partial charge in [0, 0.05) is 44.5 Å². The molecule has 3 aliphatic rings. The molecule has 1 aromatic rings. The predicted molar refractivity (Wildman–Crippen MR) is 133 cm³/mol. The number of carbonyl (C=O) groups is 2. The topological polar surface area (TPSA) is 97.1 Å². The van der Waals surface area contributed by atoms with Crippen molar-refractivity contribution in [2.24, 2.45) is 0 Å². The largest absolute Gasteiger partial charge is 0.495 e.